The van der Waals surface area contributed by atoms with Crippen molar-refractivity contribution >= 4 is 17.5 Å². The van der Waals surface area contributed by atoms with Gasteiger partial charge in [-0.15, -0.1) is 0 Å². The largest absolute Gasteiger partial charge is 0.387 e. The van der Waals surface area contributed by atoms with Crippen molar-refractivity contribution in [3.05, 3.63) is 34.9 Å². The third-order valence-corrected chi connectivity index (χ3v) is 2.87. The Morgan fingerprint density at radius 2 is 2.00 bits per heavy atom. The maximum atomic E-state index is 11.5. The number of aliphatic hydroxyl groups is 1. The molecule has 4 nitrogen and oxygen atoms in total. The van der Waals surface area contributed by atoms with Crippen molar-refractivity contribution in [1.82, 2.24) is 10.6 Å². The Labute approximate surface area is 112 Å². The zero-order chi connectivity index (χ0) is 13.5. The number of halogens is 1. The normalized spacial score (nSPS) is 14.0. The molecule has 0 saturated heterocycles. The van der Waals surface area contributed by atoms with Gasteiger partial charge in [0.25, 0.3) is 0 Å². The maximum Gasteiger partial charge on any atom is 0.236 e. The summed E-state index contributed by atoms with van der Waals surface area (Å²) in [6.07, 6.45) is -0.654. The van der Waals surface area contributed by atoms with Gasteiger partial charge in [0.05, 0.1) is 12.1 Å². The first-order chi connectivity index (χ1) is 8.54. The van der Waals surface area contributed by atoms with Gasteiger partial charge in [-0.25, -0.2) is 0 Å². The highest BCUT2D eigenvalue weighted by atomic mass is 35.5. The quantitative estimate of drug-likeness (QED) is 0.734. The van der Waals surface area contributed by atoms with Crippen molar-refractivity contribution in [2.75, 3.05) is 13.1 Å². The lowest BCUT2D eigenvalue weighted by Crippen LogP contribution is -2.43. The van der Waals surface area contributed by atoms with E-state index in [4.69, 9.17) is 11.6 Å². The minimum absolute atomic E-state index is 0.0687. The van der Waals surface area contributed by atoms with Crippen molar-refractivity contribution in [3.8, 4) is 0 Å². The van der Waals surface area contributed by atoms with Crippen LogP contribution in [0, 0.1) is 0 Å². The van der Waals surface area contributed by atoms with E-state index in [-0.39, 0.29) is 11.9 Å². The second-order valence-corrected chi connectivity index (χ2v) is 4.53. The molecule has 3 N–H and O–H groups in total. The minimum Gasteiger partial charge on any atom is -0.387 e. The molecule has 18 heavy (non-hydrogen) atoms. The van der Waals surface area contributed by atoms with E-state index in [1.165, 1.54) is 0 Å². The van der Waals surface area contributed by atoms with E-state index < -0.39 is 6.10 Å². The summed E-state index contributed by atoms with van der Waals surface area (Å²) in [5.41, 5.74) is 0.773. The lowest BCUT2D eigenvalue weighted by atomic mass is 10.1. The maximum absolute atomic E-state index is 11.5. The molecule has 2 atom stereocenters. The lowest BCUT2D eigenvalue weighted by molar-refractivity contribution is -0.122. The molecule has 0 aliphatic heterocycles. The number of aliphatic hydroxyl groups excluding tert-OH is 1. The molecule has 0 aliphatic rings. The molecular formula is C13H19ClN2O2. The summed E-state index contributed by atoms with van der Waals surface area (Å²) < 4.78 is 0. The first-order valence-electron chi connectivity index (χ1n) is 5.99. The third-order valence-electron chi connectivity index (χ3n) is 2.62. The summed E-state index contributed by atoms with van der Waals surface area (Å²) in [7, 11) is 0. The number of nitrogens with one attached hydrogen (secondary N) is 2. The number of hydrogen-bond acceptors (Lipinski definition) is 3. The number of hydrogen-bond donors (Lipinski definition) is 3. The number of carbonyl (C=O) groups excluding carboxylic acids is 1. The molecule has 0 fully saturated rings. The van der Waals surface area contributed by atoms with Gasteiger partial charge in [0.2, 0.25) is 5.91 Å². The van der Waals surface area contributed by atoms with Crippen LogP contribution in [0.5, 0.6) is 0 Å². The SMILES string of the molecule is CCNC(=O)C(C)NCC(O)c1ccc(Cl)cc1. The second kappa shape index (κ2) is 7.36. The van der Waals surface area contributed by atoms with Crippen molar-refractivity contribution in [1.29, 1.82) is 0 Å². The van der Waals surface area contributed by atoms with Gasteiger partial charge in [0.15, 0.2) is 0 Å². The van der Waals surface area contributed by atoms with Gasteiger partial charge >= 0.3 is 0 Å². The van der Waals surface area contributed by atoms with Crippen LogP contribution in [0.25, 0.3) is 0 Å². The molecule has 1 amide bonds. The zero-order valence-electron chi connectivity index (χ0n) is 10.6. The molecule has 0 radical (unpaired) electrons. The molecule has 1 aromatic rings. The third kappa shape index (κ3) is 4.64. The molecule has 5 heteroatoms. The van der Waals surface area contributed by atoms with E-state index in [1.807, 2.05) is 6.92 Å². The van der Waals surface area contributed by atoms with Crippen LogP contribution in [0.1, 0.15) is 25.5 Å². The van der Waals surface area contributed by atoms with E-state index >= 15 is 0 Å². The van der Waals surface area contributed by atoms with Crippen LogP contribution in [0.3, 0.4) is 0 Å². The average molecular weight is 271 g/mol. The molecule has 1 rings (SSSR count). The zero-order valence-corrected chi connectivity index (χ0v) is 11.4. The molecule has 0 heterocycles. The van der Waals surface area contributed by atoms with Crippen LogP contribution in [-0.4, -0.2) is 30.1 Å². The fourth-order valence-corrected chi connectivity index (χ4v) is 1.64. The van der Waals surface area contributed by atoms with E-state index in [0.29, 0.717) is 18.1 Å². The lowest BCUT2D eigenvalue weighted by Gasteiger charge is -2.16. The van der Waals surface area contributed by atoms with E-state index in [2.05, 4.69) is 10.6 Å². The molecule has 1 aromatic carbocycles. The van der Waals surface area contributed by atoms with Gasteiger partial charge in [-0.2, -0.15) is 0 Å². The number of likely N-dealkylation sites (N-methyl/N-ethyl adjacent to an activating group) is 1. The van der Waals surface area contributed by atoms with Gasteiger partial charge in [0.1, 0.15) is 0 Å². The predicted octanol–water partition coefficient (Wildman–Crippen LogP) is 1.49. The summed E-state index contributed by atoms with van der Waals surface area (Å²) in [5, 5.41) is 16.3. The standard InChI is InChI=1S/C13H19ClN2O2/c1-3-15-13(18)9(2)16-8-12(17)10-4-6-11(14)7-5-10/h4-7,9,12,16-17H,3,8H2,1-2H3,(H,15,18). The fraction of sp³-hybridized carbons (Fsp3) is 0.462. The molecule has 100 valence electrons. The molecule has 0 aromatic heterocycles. The van der Waals surface area contributed by atoms with E-state index in [9.17, 15) is 9.90 Å². The molecule has 0 saturated carbocycles. The van der Waals surface area contributed by atoms with Crippen LogP contribution < -0.4 is 10.6 Å². The Morgan fingerprint density at radius 3 is 2.56 bits per heavy atom. The summed E-state index contributed by atoms with van der Waals surface area (Å²) in [5.74, 6) is -0.0687. The van der Waals surface area contributed by atoms with Crippen LogP contribution >= 0.6 is 11.6 Å². The minimum atomic E-state index is -0.654. The Balaban J connectivity index is 2.43. The van der Waals surface area contributed by atoms with Crippen LogP contribution in [0.4, 0.5) is 0 Å². The molecule has 0 aliphatic carbocycles. The van der Waals surface area contributed by atoms with Gasteiger partial charge in [0, 0.05) is 18.1 Å². The Hall–Kier alpha value is -1.10. The number of benzene rings is 1. The van der Waals surface area contributed by atoms with E-state index in [0.717, 1.165) is 5.56 Å². The molecule has 0 spiro atoms. The summed E-state index contributed by atoms with van der Waals surface area (Å²) >= 11 is 5.77. The highest BCUT2D eigenvalue weighted by molar-refractivity contribution is 6.30. The second-order valence-electron chi connectivity index (χ2n) is 4.09. The monoisotopic (exact) mass is 270 g/mol. The van der Waals surface area contributed by atoms with Crippen molar-refractivity contribution in [3.63, 3.8) is 0 Å². The Morgan fingerprint density at radius 1 is 1.39 bits per heavy atom. The van der Waals surface area contributed by atoms with Crippen molar-refractivity contribution < 1.29 is 9.90 Å². The van der Waals surface area contributed by atoms with Crippen LogP contribution in [0.2, 0.25) is 5.02 Å². The van der Waals surface area contributed by atoms with Crippen LogP contribution in [0.15, 0.2) is 24.3 Å². The predicted molar refractivity (Wildman–Crippen MR) is 72.6 cm³/mol. The highest BCUT2D eigenvalue weighted by Gasteiger charge is 2.14. The van der Waals surface area contributed by atoms with Gasteiger partial charge < -0.3 is 15.7 Å². The smallest absolute Gasteiger partial charge is 0.236 e. The first-order valence-corrected chi connectivity index (χ1v) is 6.37. The highest BCUT2D eigenvalue weighted by Crippen LogP contribution is 2.15. The average Bonchev–Trinajstić information content (AvgIpc) is 2.36. The van der Waals surface area contributed by atoms with Crippen molar-refractivity contribution in [2.45, 2.75) is 26.0 Å². The van der Waals surface area contributed by atoms with Gasteiger partial charge in [-0.05, 0) is 31.5 Å². The fourth-order valence-electron chi connectivity index (χ4n) is 1.51. The number of rotatable bonds is 6. The number of amides is 1. The Bertz CT molecular complexity index is 381. The summed E-state index contributed by atoms with van der Waals surface area (Å²) in [6.45, 7) is 4.55. The van der Waals surface area contributed by atoms with Crippen molar-refractivity contribution in [2.24, 2.45) is 0 Å². The molecule has 0 bridgehead atoms. The summed E-state index contributed by atoms with van der Waals surface area (Å²) in [6, 6.07) is 6.67. The number of carbonyl (C=O) groups is 1. The Kier molecular flexibility index (Phi) is 6.12. The molecule has 2 unspecified atom stereocenters. The summed E-state index contributed by atoms with van der Waals surface area (Å²) in [4.78, 5) is 11.5. The van der Waals surface area contributed by atoms with Gasteiger partial charge in [-0.1, -0.05) is 23.7 Å². The van der Waals surface area contributed by atoms with Crippen LogP contribution in [-0.2, 0) is 4.79 Å². The van der Waals surface area contributed by atoms with E-state index in [1.54, 1.807) is 31.2 Å². The topological polar surface area (TPSA) is 61.4 Å². The molecular weight excluding hydrogens is 252 g/mol. The first kappa shape index (κ1) is 15.0. The van der Waals surface area contributed by atoms with Gasteiger partial charge in [-0.3, -0.25) is 4.79 Å².